The third-order valence-electron chi connectivity index (χ3n) is 5.67. The predicted molar refractivity (Wildman–Crippen MR) is 76.7 cm³/mol. The second-order valence-corrected chi connectivity index (χ2v) is 6.88. The van der Waals surface area contributed by atoms with Gasteiger partial charge in [0, 0.05) is 6.54 Å². The normalized spacial score (nSPS) is 30.0. The van der Waals surface area contributed by atoms with Crippen LogP contribution >= 0.6 is 0 Å². The number of rotatable bonds is 3. The molecule has 2 heteroatoms. The van der Waals surface area contributed by atoms with Crippen LogP contribution in [0.25, 0.3) is 0 Å². The average molecular weight is 250 g/mol. The zero-order chi connectivity index (χ0) is 12.2. The molecule has 1 aliphatic carbocycles. The number of hydrogen-bond acceptors (Lipinski definition) is 2. The van der Waals surface area contributed by atoms with E-state index >= 15 is 0 Å². The first-order valence-electron chi connectivity index (χ1n) is 8.35. The van der Waals surface area contributed by atoms with Crippen LogP contribution in [-0.2, 0) is 0 Å². The van der Waals surface area contributed by atoms with Gasteiger partial charge in [-0.15, -0.1) is 0 Å². The fourth-order valence-electron chi connectivity index (χ4n) is 4.47. The fraction of sp³-hybridized carbons (Fsp3) is 1.00. The third-order valence-corrected chi connectivity index (χ3v) is 5.67. The Morgan fingerprint density at radius 1 is 0.778 bits per heavy atom. The summed E-state index contributed by atoms with van der Waals surface area (Å²) in [5.41, 5.74) is 0. The van der Waals surface area contributed by atoms with E-state index < -0.39 is 0 Å². The molecule has 2 nitrogen and oxygen atoms in total. The first kappa shape index (κ1) is 12.9. The second kappa shape index (κ2) is 6.38. The molecule has 3 aliphatic rings. The summed E-state index contributed by atoms with van der Waals surface area (Å²) in [6, 6.07) is 0. The van der Waals surface area contributed by atoms with E-state index in [1.807, 2.05) is 0 Å². The maximum Gasteiger partial charge on any atom is 0.00106 e. The van der Waals surface area contributed by atoms with E-state index in [1.54, 1.807) is 12.8 Å². The van der Waals surface area contributed by atoms with E-state index in [4.69, 9.17) is 0 Å². The van der Waals surface area contributed by atoms with Crippen LogP contribution in [0.4, 0.5) is 0 Å². The second-order valence-electron chi connectivity index (χ2n) is 6.88. The van der Waals surface area contributed by atoms with Crippen LogP contribution in [0.15, 0.2) is 0 Å². The molecule has 0 unspecified atom stereocenters. The summed E-state index contributed by atoms with van der Waals surface area (Å²) in [6.45, 7) is 6.68. The highest BCUT2D eigenvalue weighted by Gasteiger charge is 2.29. The molecule has 0 radical (unpaired) electrons. The lowest BCUT2D eigenvalue weighted by atomic mass is 9.83. The van der Waals surface area contributed by atoms with Crippen LogP contribution in [0, 0.1) is 17.8 Å². The Balaban J connectivity index is 1.39. The molecule has 2 saturated heterocycles. The summed E-state index contributed by atoms with van der Waals surface area (Å²) >= 11 is 0. The van der Waals surface area contributed by atoms with Crippen molar-refractivity contribution in [3.05, 3.63) is 0 Å². The lowest BCUT2D eigenvalue weighted by molar-refractivity contribution is 0.123. The van der Waals surface area contributed by atoms with Crippen molar-refractivity contribution < 1.29 is 0 Å². The van der Waals surface area contributed by atoms with Crippen LogP contribution in [0.1, 0.15) is 51.4 Å². The largest absolute Gasteiger partial charge is 0.317 e. The van der Waals surface area contributed by atoms with Gasteiger partial charge in [-0.1, -0.05) is 25.7 Å². The number of likely N-dealkylation sites (tertiary alicyclic amines) is 1. The van der Waals surface area contributed by atoms with Crippen molar-refractivity contribution >= 4 is 0 Å². The maximum atomic E-state index is 3.48. The van der Waals surface area contributed by atoms with Gasteiger partial charge < -0.3 is 10.2 Å². The van der Waals surface area contributed by atoms with E-state index in [0.29, 0.717) is 0 Å². The van der Waals surface area contributed by atoms with Crippen LogP contribution in [0.5, 0.6) is 0 Å². The minimum absolute atomic E-state index is 0.981. The highest BCUT2D eigenvalue weighted by molar-refractivity contribution is 4.82. The summed E-state index contributed by atoms with van der Waals surface area (Å²) in [6.07, 6.45) is 11.9. The van der Waals surface area contributed by atoms with Gasteiger partial charge in [0.2, 0.25) is 0 Å². The van der Waals surface area contributed by atoms with Gasteiger partial charge in [0.25, 0.3) is 0 Å². The number of nitrogens with zero attached hydrogens (tertiary/aromatic N) is 1. The molecule has 0 aromatic rings. The fourth-order valence-corrected chi connectivity index (χ4v) is 4.47. The molecule has 0 spiro atoms. The average Bonchev–Trinajstić information content (AvgIpc) is 2.95. The van der Waals surface area contributed by atoms with Gasteiger partial charge in [0.05, 0.1) is 0 Å². The third kappa shape index (κ3) is 3.27. The van der Waals surface area contributed by atoms with Crippen LogP contribution in [0.2, 0.25) is 0 Å². The molecular formula is C16H30N2. The summed E-state index contributed by atoms with van der Waals surface area (Å²) in [5.74, 6) is 3.16. The highest BCUT2D eigenvalue weighted by atomic mass is 15.1. The molecule has 2 aliphatic heterocycles. The number of hydrogen-bond donors (Lipinski definition) is 1. The summed E-state index contributed by atoms with van der Waals surface area (Å²) in [5, 5.41) is 3.48. The van der Waals surface area contributed by atoms with Crippen molar-refractivity contribution in [1.82, 2.24) is 10.2 Å². The van der Waals surface area contributed by atoms with Crippen molar-refractivity contribution in [3.8, 4) is 0 Å². The zero-order valence-electron chi connectivity index (χ0n) is 11.9. The SMILES string of the molecule is C1CCC(C2CCN(CC3CCNCC3)CC2)C1. The van der Waals surface area contributed by atoms with E-state index in [2.05, 4.69) is 10.2 Å². The molecule has 0 bridgehead atoms. The van der Waals surface area contributed by atoms with Crippen molar-refractivity contribution in [3.63, 3.8) is 0 Å². The first-order valence-corrected chi connectivity index (χ1v) is 8.35. The van der Waals surface area contributed by atoms with E-state index in [-0.39, 0.29) is 0 Å². The van der Waals surface area contributed by atoms with Crippen molar-refractivity contribution in [2.45, 2.75) is 51.4 Å². The van der Waals surface area contributed by atoms with Gasteiger partial charge >= 0.3 is 0 Å². The minimum Gasteiger partial charge on any atom is -0.317 e. The Bertz CT molecular complexity index is 233. The molecule has 0 atom stereocenters. The van der Waals surface area contributed by atoms with Gasteiger partial charge in [-0.3, -0.25) is 0 Å². The van der Waals surface area contributed by atoms with E-state index in [0.717, 1.165) is 17.8 Å². The molecule has 3 fully saturated rings. The van der Waals surface area contributed by atoms with Crippen LogP contribution < -0.4 is 5.32 Å². The smallest absolute Gasteiger partial charge is 0.00106 e. The zero-order valence-corrected chi connectivity index (χ0v) is 11.9. The molecule has 104 valence electrons. The molecular weight excluding hydrogens is 220 g/mol. The molecule has 18 heavy (non-hydrogen) atoms. The Kier molecular flexibility index (Phi) is 4.58. The van der Waals surface area contributed by atoms with Crippen LogP contribution in [0.3, 0.4) is 0 Å². The van der Waals surface area contributed by atoms with Crippen molar-refractivity contribution in [1.29, 1.82) is 0 Å². The Labute approximate surface area is 113 Å². The minimum atomic E-state index is 0.981. The quantitative estimate of drug-likeness (QED) is 0.828. The van der Waals surface area contributed by atoms with E-state index in [1.165, 1.54) is 71.2 Å². The molecule has 2 heterocycles. The monoisotopic (exact) mass is 250 g/mol. The Morgan fingerprint density at radius 3 is 2.06 bits per heavy atom. The highest BCUT2D eigenvalue weighted by Crippen LogP contribution is 2.36. The molecule has 0 aromatic heterocycles. The number of piperidine rings is 2. The molecule has 3 rings (SSSR count). The summed E-state index contributed by atoms with van der Waals surface area (Å²) in [7, 11) is 0. The first-order chi connectivity index (χ1) is 8.92. The standard InChI is InChI=1S/C16H30N2/c1-2-4-15(3-1)16-7-11-18(12-8-16)13-14-5-9-17-10-6-14/h14-17H,1-13H2. The number of nitrogens with one attached hydrogen (secondary N) is 1. The van der Waals surface area contributed by atoms with Crippen molar-refractivity contribution in [2.24, 2.45) is 17.8 Å². The lowest BCUT2D eigenvalue weighted by Gasteiger charge is -2.37. The molecule has 1 N–H and O–H groups in total. The Morgan fingerprint density at radius 2 is 1.39 bits per heavy atom. The predicted octanol–water partition coefficient (Wildman–Crippen LogP) is 2.89. The van der Waals surface area contributed by atoms with Gasteiger partial charge in [-0.2, -0.15) is 0 Å². The van der Waals surface area contributed by atoms with Gasteiger partial charge in [0.15, 0.2) is 0 Å². The topological polar surface area (TPSA) is 15.3 Å². The Hall–Kier alpha value is -0.0800. The molecule has 0 aromatic carbocycles. The van der Waals surface area contributed by atoms with Crippen molar-refractivity contribution in [2.75, 3.05) is 32.7 Å². The lowest BCUT2D eigenvalue weighted by Crippen LogP contribution is -2.41. The summed E-state index contributed by atoms with van der Waals surface area (Å²) < 4.78 is 0. The molecule has 0 amide bonds. The molecule has 1 saturated carbocycles. The van der Waals surface area contributed by atoms with Gasteiger partial charge in [-0.25, -0.2) is 0 Å². The van der Waals surface area contributed by atoms with Crippen LogP contribution in [-0.4, -0.2) is 37.6 Å². The maximum absolute atomic E-state index is 3.48. The summed E-state index contributed by atoms with van der Waals surface area (Å²) in [4.78, 5) is 2.77. The van der Waals surface area contributed by atoms with Gasteiger partial charge in [-0.05, 0) is 69.6 Å². The van der Waals surface area contributed by atoms with E-state index in [9.17, 15) is 0 Å². The van der Waals surface area contributed by atoms with Gasteiger partial charge in [0.1, 0.15) is 0 Å².